The van der Waals surface area contributed by atoms with Crippen LogP contribution < -0.4 is 14.8 Å². The molecular weight excluding hydrogens is 394 g/mol. The van der Waals surface area contributed by atoms with Crippen LogP contribution in [0.4, 0.5) is 0 Å². The lowest BCUT2D eigenvalue weighted by atomic mass is 10.3. The standard InChI is InChI=1S/C17H26ClN3O5S/c1-13(2)20-27(23,24)14-3-4-16(15(18)11-14)26-12-17(22)19-5-6-21-7-9-25-10-8-21/h3-4,11,13,20H,5-10,12H2,1-2H3,(H,19,22). The molecule has 8 nitrogen and oxygen atoms in total. The average molecular weight is 420 g/mol. The number of rotatable bonds is 9. The molecule has 0 aromatic heterocycles. The van der Waals surface area contributed by atoms with Gasteiger partial charge in [0, 0.05) is 32.2 Å². The highest BCUT2D eigenvalue weighted by molar-refractivity contribution is 7.89. The second-order valence-corrected chi connectivity index (χ2v) is 8.58. The maximum atomic E-state index is 12.1. The van der Waals surface area contributed by atoms with Crippen molar-refractivity contribution in [1.82, 2.24) is 14.9 Å². The number of morpholine rings is 1. The third-order valence-corrected chi connectivity index (χ3v) is 5.77. The van der Waals surface area contributed by atoms with Crippen molar-refractivity contribution in [1.29, 1.82) is 0 Å². The van der Waals surface area contributed by atoms with Gasteiger partial charge in [-0.05, 0) is 32.0 Å². The molecule has 152 valence electrons. The second-order valence-electron chi connectivity index (χ2n) is 6.46. The summed E-state index contributed by atoms with van der Waals surface area (Å²) in [5.41, 5.74) is 0. The minimum atomic E-state index is -3.64. The van der Waals surface area contributed by atoms with Crippen molar-refractivity contribution in [2.45, 2.75) is 24.8 Å². The second kappa shape index (κ2) is 10.2. The van der Waals surface area contributed by atoms with Gasteiger partial charge < -0.3 is 14.8 Å². The summed E-state index contributed by atoms with van der Waals surface area (Å²) >= 11 is 6.09. The third-order valence-electron chi connectivity index (χ3n) is 3.82. The molecule has 1 saturated heterocycles. The normalized spacial score (nSPS) is 15.7. The molecule has 1 fully saturated rings. The van der Waals surface area contributed by atoms with Crippen LogP contribution in [-0.2, 0) is 19.6 Å². The Bertz CT molecular complexity index is 736. The number of nitrogens with one attached hydrogen (secondary N) is 2. The zero-order valence-electron chi connectivity index (χ0n) is 15.5. The molecule has 1 heterocycles. The first-order chi connectivity index (χ1) is 12.8. The van der Waals surface area contributed by atoms with Crippen LogP contribution in [0.25, 0.3) is 0 Å². The Labute approximate surface area is 165 Å². The van der Waals surface area contributed by atoms with Crippen molar-refractivity contribution >= 4 is 27.5 Å². The van der Waals surface area contributed by atoms with Crippen LogP contribution in [-0.4, -0.2) is 71.3 Å². The summed E-state index contributed by atoms with van der Waals surface area (Å²) in [6.07, 6.45) is 0. The lowest BCUT2D eigenvalue weighted by Crippen LogP contribution is -2.42. The molecule has 1 aliphatic heterocycles. The predicted octanol–water partition coefficient (Wildman–Crippen LogP) is 0.854. The van der Waals surface area contributed by atoms with Crippen LogP contribution in [0, 0.1) is 0 Å². The molecule has 1 aliphatic rings. The SMILES string of the molecule is CC(C)NS(=O)(=O)c1ccc(OCC(=O)NCCN2CCOCC2)c(Cl)c1. The summed E-state index contributed by atoms with van der Waals surface area (Å²) in [5.74, 6) is -0.0130. The number of nitrogens with zero attached hydrogens (tertiary/aromatic N) is 1. The molecule has 1 aromatic carbocycles. The van der Waals surface area contributed by atoms with Gasteiger partial charge in [-0.3, -0.25) is 9.69 Å². The van der Waals surface area contributed by atoms with Crippen molar-refractivity contribution in [2.24, 2.45) is 0 Å². The van der Waals surface area contributed by atoms with Gasteiger partial charge in [0.2, 0.25) is 10.0 Å². The molecule has 2 rings (SSSR count). The number of halogens is 1. The Morgan fingerprint density at radius 3 is 2.67 bits per heavy atom. The molecule has 27 heavy (non-hydrogen) atoms. The molecule has 0 saturated carbocycles. The monoisotopic (exact) mass is 419 g/mol. The molecule has 10 heteroatoms. The van der Waals surface area contributed by atoms with Gasteiger partial charge in [0.1, 0.15) is 5.75 Å². The first-order valence-corrected chi connectivity index (χ1v) is 10.7. The Balaban J connectivity index is 1.80. The van der Waals surface area contributed by atoms with E-state index in [-0.39, 0.29) is 34.2 Å². The molecule has 0 spiro atoms. The highest BCUT2D eigenvalue weighted by atomic mass is 35.5. The third kappa shape index (κ3) is 7.27. The van der Waals surface area contributed by atoms with Gasteiger partial charge in [0.15, 0.2) is 6.61 Å². The van der Waals surface area contributed by atoms with Crippen LogP contribution in [0.3, 0.4) is 0 Å². The number of sulfonamides is 1. The smallest absolute Gasteiger partial charge is 0.257 e. The number of benzene rings is 1. The number of hydrogen-bond acceptors (Lipinski definition) is 6. The molecule has 0 aliphatic carbocycles. The van der Waals surface area contributed by atoms with E-state index in [2.05, 4.69) is 14.9 Å². The Morgan fingerprint density at radius 2 is 2.04 bits per heavy atom. The quantitative estimate of drug-likeness (QED) is 0.616. The van der Waals surface area contributed by atoms with Crippen LogP contribution in [0.2, 0.25) is 5.02 Å². The van der Waals surface area contributed by atoms with Crippen molar-refractivity contribution in [3.05, 3.63) is 23.2 Å². The highest BCUT2D eigenvalue weighted by Crippen LogP contribution is 2.27. The molecule has 0 unspecified atom stereocenters. The Morgan fingerprint density at radius 1 is 1.33 bits per heavy atom. The van der Waals surface area contributed by atoms with E-state index in [9.17, 15) is 13.2 Å². The van der Waals surface area contributed by atoms with Crippen LogP contribution in [0.1, 0.15) is 13.8 Å². The van der Waals surface area contributed by atoms with Gasteiger partial charge in [-0.25, -0.2) is 13.1 Å². The van der Waals surface area contributed by atoms with Crippen molar-refractivity contribution in [3.8, 4) is 5.75 Å². The lowest BCUT2D eigenvalue weighted by molar-refractivity contribution is -0.123. The van der Waals surface area contributed by atoms with Gasteiger partial charge in [-0.15, -0.1) is 0 Å². The summed E-state index contributed by atoms with van der Waals surface area (Å²) in [6, 6.07) is 3.91. The van der Waals surface area contributed by atoms with E-state index in [1.54, 1.807) is 13.8 Å². The fourth-order valence-electron chi connectivity index (χ4n) is 2.52. The highest BCUT2D eigenvalue weighted by Gasteiger charge is 2.17. The van der Waals surface area contributed by atoms with Gasteiger partial charge in [-0.1, -0.05) is 11.6 Å². The summed E-state index contributed by atoms with van der Waals surface area (Å²) in [5, 5.41) is 2.91. The lowest BCUT2D eigenvalue weighted by Gasteiger charge is -2.26. The van der Waals surface area contributed by atoms with Crippen LogP contribution in [0.5, 0.6) is 5.75 Å². The van der Waals surface area contributed by atoms with E-state index >= 15 is 0 Å². The average Bonchev–Trinajstić information content (AvgIpc) is 2.60. The number of carbonyl (C=O) groups is 1. The predicted molar refractivity (Wildman–Crippen MR) is 103 cm³/mol. The van der Waals surface area contributed by atoms with E-state index in [1.807, 2.05) is 0 Å². The van der Waals surface area contributed by atoms with E-state index in [0.717, 1.165) is 19.6 Å². The number of ether oxygens (including phenoxy) is 2. The summed E-state index contributed by atoms with van der Waals surface area (Å²) in [4.78, 5) is 14.1. The minimum absolute atomic E-state index is 0.0449. The molecule has 0 radical (unpaired) electrons. The topological polar surface area (TPSA) is 97.0 Å². The zero-order valence-corrected chi connectivity index (χ0v) is 17.1. The zero-order chi connectivity index (χ0) is 19.9. The Kier molecular flexibility index (Phi) is 8.30. The summed E-state index contributed by atoms with van der Waals surface area (Å²) < 4.78 is 37.4. The number of amides is 1. The molecule has 0 bridgehead atoms. The molecule has 1 amide bonds. The van der Waals surface area contributed by atoms with E-state index in [0.29, 0.717) is 19.8 Å². The maximum Gasteiger partial charge on any atom is 0.257 e. The Hall–Kier alpha value is -1.39. The largest absolute Gasteiger partial charge is 0.482 e. The fraction of sp³-hybridized carbons (Fsp3) is 0.588. The van der Waals surface area contributed by atoms with E-state index in [1.165, 1.54) is 18.2 Å². The summed E-state index contributed by atoms with van der Waals surface area (Å²) in [7, 11) is -3.64. The number of hydrogen-bond donors (Lipinski definition) is 2. The first kappa shape index (κ1) is 21.9. The maximum absolute atomic E-state index is 12.1. The molecule has 1 aromatic rings. The number of carbonyl (C=O) groups excluding carboxylic acids is 1. The van der Waals surface area contributed by atoms with Crippen molar-refractivity contribution < 1.29 is 22.7 Å². The minimum Gasteiger partial charge on any atom is -0.482 e. The fourth-order valence-corrected chi connectivity index (χ4v) is 4.09. The van der Waals surface area contributed by atoms with Crippen molar-refractivity contribution in [3.63, 3.8) is 0 Å². The van der Waals surface area contributed by atoms with E-state index < -0.39 is 10.0 Å². The van der Waals surface area contributed by atoms with Gasteiger partial charge in [0.05, 0.1) is 23.1 Å². The first-order valence-electron chi connectivity index (χ1n) is 8.79. The van der Waals surface area contributed by atoms with Gasteiger partial charge in [0.25, 0.3) is 5.91 Å². The summed E-state index contributed by atoms with van der Waals surface area (Å²) in [6.45, 7) is 7.70. The van der Waals surface area contributed by atoms with E-state index in [4.69, 9.17) is 21.1 Å². The molecular formula is C17H26ClN3O5S. The van der Waals surface area contributed by atoms with Gasteiger partial charge in [-0.2, -0.15) is 0 Å². The van der Waals surface area contributed by atoms with Gasteiger partial charge >= 0.3 is 0 Å². The molecule has 2 N–H and O–H groups in total. The van der Waals surface area contributed by atoms with Crippen molar-refractivity contribution in [2.75, 3.05) is 46.0 Å². The van der Waals surface area contributed by atoms with Crippen LogP contribution in [0.15, 0.2) is 23.1 Å². The van der Waals surface area contributed by atoms with Crippen LogP contribution >= 0.6 is 11.6 Å². The molecule has 0 atom stereocenters.